The molecular formula is C11H15ClN2O3. The fourth-order valence-corrected chi connectivity index (χ4v) is 1.46. The predicted octanol–water partition coefficient (Wildman–Crippen LogP) is 1.13. The van der Waals surface area contributed by atoms with Gasteiger partial charge in [-0.15, -0.1) is 0 Å². The summed E-state index contributed by atoms with van der Waals surface area (Å²) in [7, 11) is 3.14. The third-order valence-corrected chi connectivity index (χ3v) is 2.49. The van der Waals surface area contributed by atoms with Gasteiger partial charge in [0.25, 0.3) is 5.91 Å². The number of nitrogens with zero attached hydrogens (tertiary/aromatic N) is 1. The first-order chi connectivity index (χ1) is 8.19. The number of amides is 1. The van der Waals surface area contributed by atoms with E-state index in [1.54, 1.807) is 20.3 Å². The van der Waals surface area contributed by atoms with E-state index in [1.165, 1.54) is 12.4 Å². The van der Waals surface area contributed by atoms with Gasteiger partial charge >= 0.3 is 0 Å². The van der Waals surface area contributed by atoms with Crippen molar-refractivity contribution in [1.82, 2.24) is 10.3 Å². The summed E-state index contributed by atoms with van der Waals surface area (Å²) >= 11 is 5.85. The van der Waals surface area contributed by atoms with Crippen molar-refractivity contribution in [2.45, 2.75) is 6.10 Å². The van der Waals surface area contributed by atoms with Crippen LogP contribution in [0.1, 0.15) is 10.4 Å². The van der Waals surface area contributed by atoms with Crippen LogP contribution in [-0.2, 0) is 9.47 Å². The molecule has 0 aliphatic carbocycles. The molecular weight excluding hydrogens is 244 g/mol. The first-order valence-electron chi connectivity index (χ1n) is 5.08. The Bertz CT molecular complexity index is 373. The molecule has 1 rings (SSSR count). The smallest absolute Gasteiger partial charge is 0.253 e. The van der Waals surface area contributed by atoms with Crippen LogP contribution in [0.2, 0.25) is 5.02 Å². The lowest BCUT2D eigenvalue weighted by Crippen LogP contribution is -2.35. The second-order valence-corrected chi connectivity index (χ2v) is 3.79. The molecule has 0 bridgehead atoms. The molecule has 1 N–H and O–H groups in total. The van der Waals surface area contributed by atoms with Gasteiger partial charge in [0.05, 0.1) is 23.3 Å². The van der Waals surface area contributed by atoms with Gasteiger partial charge < -0.3 is 14.8 Å². The molecule has 94 valence electrons. The minimum absolute atomic E-state index is 0.176. The van der Waals surface area contributed by atoms with Crippen molar-refractivity contribution in [3.8, 4) is 0 Å². The largest absolute Gasteiger partial charge is 0.382 e. The van der Waals surface area contributed by atoms with Crippen molar-refractivity contribution in [1.29, 1.82) is 0 Å². The highest BCUT2D eigenvalue weighted by Crippen LogP contribution is 2.12. The third kappa shape index (κ3) is 4.30. The molecule has 0 radical (unpaired) electrons. The predicted molar refractivity (Wildman–Crippen MR) is 64.3 cm³/mol. The van der Waals surface area contributed by atoms with Gasteiger partial charge in [-0.05, 0) is 6.07 Å². The van der Waals surface area contributed by atoms with Crippen molar-refractivity contribution in [2.24, 2.45) is 0 Å². The van der Waals surface area contributed by atoms with Crippen LogP contribution < -0.4 is 5.32 Å². The highest BCUT2D eigenvalue weighted by atomic mass is 35.5. The van der Waals surface area contributed by atoms with E-state index in [1.807, 2.05) is 0 Å². The highest BCUT2D eigenvalue weighted by molar-refractivity contribution is 6.33. The van der Waals surface area contributed by atoms with E-state index < -0.39 is 0 Å². The van der Waals surface area contributed by atoms with Crippen molar-refractivity contribution >= 4 is 17.5 Å². The average Bonchev–Trinajstić information content (AvgIpc) is 2.34. The first kappa shape index (κ1) is 13.9. The molecule has 1 aromatic heterocycles. The molecule has 1 atom stereocenters. The Balaban J connectivity index is 2.52. The van der Waals surface area contributed by atoms with Crippen molar-refractivity contribution in [3.05, 3.63) is 29.0 Å². The van der Waals surface area contributed by atoms with Gasteiger partial charge in [0.15, 0.2) is 0 Å². The SMILES string of the molecule is COCC(CNC(=O)c1ccncc1Cl)OC. The second-order valence-electron chi connectivity index (χ2n) is 3.38. The molecule has 0 spiro atoms. The zero-order valence-electron chi connectivity index (χ0n) is 9.77. The summed E-state index contributed by atoms with van der Waals surface area (Å²) in [6.07, 6.45) is 2.77. The molecule has 1 unspecified atom stereocenters. The van der Waals surface area contributed by atoms with Crippen LogP contribution in [0.15, 0.2) is 18.5 Å². The molecule has 0 aliphatic rings. The van der Waals surface area contributed by atoms with Gasteiger partial charge in [0.2, 0.25) is 0 Å². The van der Waals surface area contributed by atoms with Gasteiger partial charge in [-0.3, -0.25) is 9.78 Å². The summed E-state index contributed by atoms with van der Waals surface area (Å²) in [5, 5.41) is 3.04. The lowest BCUT2D eigenvalue weighted by molar-refractivity contribution is 0.0285. The van der Waals surface area contributed by atoms with Crippen molar-refractivity contribution in [2.75, 3.05) is 27.4 Å². The number of nitrogens with one attached hydrogen (secondary N) is 1. The van der Waals surface area contributed by atoms with E-state index in [4.69, 9.17) is 21.1 Å². The monoisotopic (exact) mass is 258 g/mol. The van der Waals surface area contributed by atoms with E-state index >= 15 is 0 Å². The number of pyridine rings is 1. The molecule has 5 nitrogen and oxygen atoms in total. The molecule has 0 aromatic carbocycles. The zero-order valence-corrected chi connectivity index (χ0v) is 10.5. The van der Waals surface area contributed by atoms with E-state index in [9.17, 15) is 4.79 Å². The number of hydrogen-bond acceptors (Lipinski definition) is 4. The number of methoxy groups -OCH3 is 2. The minimum atomic E-state index is -0.254. The van der Waals surface area contributed by atoms with Crippen LogP contribution in [0.5, 0.6) is 0 Å². The molecule has 1 heterocycles. The number of ether oxygens (including phenoxy) is 2. The summed E-state index contributed by atoms with van der Waals surface area (Å²) < 4.78 is 10.1. The van der Waals surface area contributed by atoms with Crippen LogP contribution in [0.4, 0.5) is 0 Å². The van der Waals surface area contributed by atoms with Gasteiger partial charge in [-0.1, -0.05) is 11.6 Å². The first-order valence-corrected chi connectivity index (χ1v) is 5.46. The molecule has 1 aromatic rings. The Hall–Kier alpha value is -1.17. The normalized spacial score (nSPS) is 12.2. The summed E-state index contributed by atoms with van der Waals surface area (Å²) in [6.45, 7) is 0.780. The average molecular weight is 259 g/mol. The van der Waals surface area contributed by atoms with Crippen LogP contribution >= 0.6 is 11.6 Å². The van der Waals surface area contributed by atoms with Crippen LogP contribution in [0, 0.1) is 0 Å². The van der Waals surface area contributed by atoms with E-state index in [2.05, 4.69) is 10.3 Å². The quantitative estimate of drug-likeness (QED) is 0.831. The molecule has 6 heteroatoms. The number of rotatable bonds is 6. The van der Waals surface area contributed by atoms with Crippen molar-refractivity contribution < 1.29 is 14.3 Å². The zero-order chi connectivity index (χ0) is 12.7. The van der Waals surface area contributed by atoms with Crippen LogP contribution in [0.25, 0.3) is 0 Å². The standard InChI is InChI=1S/C11H15ClN2O3/c1-16-7-8(17-2)5-14-11(15)9-3-4-13-6-10(9)12/h3-4,6,8H,5,7H2,1-2H3,(H,14,15). The highest BCUT2D eigenvalue weighted by Gasteiger charge is 2.12. The summed E-state index contributed by atoms with van der Waals surface area (Å²) in [6, 6.07) is 1.57. The topological polar surface area (TPSA) is 60.5 Å². The van der Waals surface area contributed by atoms with Crippen molar-refractivity contribution in [3.63, 3.8) is 0 Å². The number of halogens is 1. The van der Waals surface area contributed by atoms with E-state index in [0.29, 0.717) is 23.7 Å². The Morgan fingerprint density at radius 2 is 2.35 bits per heavy atom. The van der Waals surface area contributed by atoms with Gasteiger partial charge in [0, 0.05) is 33.2 Å². The Kier molecular flexibility index (Phi) is 5.90. The van der Waals surface area contributed by atoms with E-state index in [0.717, 1.165) is 0 Å². The number of carbonyl (C=O) groups is 1. The number of hydrogen-bond donors (Lipinski definition) is 1. The number of aromatic nitrogens is 1. The molecule has 0 aliphatic heterocycles. The fraction of sp³-hybridized carbons (Fsp3) is 0.455. The maximum atomic E-state index is 11.8. The van der Waals surface area contributed by atoms with Gasteiger partial charge in [-0.25, -0.2) is 0 Å². The van der Waals surface area contributed by atoms with E-state index in [-0.39, 0.29) is 12.0 Å². The summed E-state index contributed by atoms with van der Waals surface area (Å²) in [5.41, 5.74) is 0.397. The molecule has 0 saturated heterocycles. The Morgan fingerprint density at radius 3 is 2.94 bits per heavy atom. The Morgan fingerprint density at radius 1 is 1.59 bits per heavy atom. The summed E-state index contributed by atoms with van der Waals surface area (Å²) in [5.74, 6) is -0.254. The van der Waals surface area contributed by atoms with Gasteiger partial charge in [0.1, 0.15) is 0 Å². The lowest BCUT2D eigenvalue weighted by atomic mass is 10.2. The second kappa shape index (κ2) is 7.21. The minimum Gasteiger partial charge on any atom is -0.382 e. The van der Waals surface area contributed by atoms with Crippen LogP contribution in [0.3, 0.4) is 0 Å². The Labute approximate surface area is 105 Å². The van der Waals surface area contributed by atoms with Crippen LogP contribution in [-0.4, -0.2) is 44.4 Å². The summed E-state index contributed by atoms with van der Waals surface area (Å²) in [4.78, 5) is 15.6. The lowest BCUT2D eigenvalue weighted by Gasteiger charge is -2.15. The van der Waals surface area contributed by atoms with Gasteiger partial charge in [-0.2, -0.15) is 0 Å². The molecule has 0 fully saturated rings. The molecule has 0 saturated carbocycles. The molecule has 1 amide bonds. The fourth-order valence-electron chi connectivity index (χ4n) is 1.26. The maximum Gasteiger partial charge on any atom is 0.253 e. The maximum absolute atomic E-state index is 11.8. The molecule has 17 heavy (non-hydrogen) atoms. The number of carbonyl (C=O) groups excluding carboxylic acids is 1. The third-order valence-electron chi connectivity index (χ3n) is 2.19.